The van der Waals surface area contributed by atoms with E-state index >= 15 is 0 Å². The van der Waals surface area contributed by atoms with Gasteiger partial charge >= 0.3 is 5.97 Å². The van der Waals surface area contributed by atoms with Gasteiger partial charge in [0.25, 0.3) is 0 Å². The van der Waals surface area contributed by atoms with Gasteiger partial charge in [-0.15, -0.1) is 11.3 Å². The van der Waals surface area contributed by atoms with Gasteiger partial charge in [0.2, 0.25) is 9.84 Å². The molecule has 9 heteroatoms. The van der Waals surface area contributed by atoms with Crippen LogP contribution < -0.4 is 10.5 Å². The Balaban J connectivity index is 1.72. The first-order valence-electron chi connectivity index (χ1n) is 11.3. The fourth-order valence-electron chi connectivity index (χ4n) is 3.94. The van der Waals surface area contributed by atoms with E-state index < -0.39 is 20.7 Å². The van der Waals surface area contributed by atoms with E-state index in [1.54, 1.807) is 23.6 Å². The Hall–Kier alpha value is -3.53. The Bertz CT molecular complexity index is 1450. The van der Waals surface area contributed by atoms with Gasteiger partial charge in [-0.2, -0.15) is 0 Å². The number of carboxylic acid groups (broad SMARTS) is 1. The van der Waals surface area contributed by atoms with Gasteiger partial charge in [0, 0.05) is 6.42 Å². The first-order valence-corrected chi connectivity index (χ1v) is 13.7. The van der Waals surface area contributed by atoms with Crippen LogP contribution in [0.4, 0.5) is 0 Å². The topological polar surface area (TPSA) is 120 Å². The van der Waals surface area contributed by atoms with E-state index in [0.29, 0.717) is 12.2 Å². The fraction of sp³-hybridized carbons (Fsp3) is 0.185. The number of sulfone groups is 1. The number of benzene rings is 2. The molecule has 2 heterocycles. The zero-order valence-corrected chi connectivity index (χ0v) is 21.3. The molecule has 0 aliphatic carbocycles. The van der Waals surface area contributed by atoms with Crippen molar-refractivity contribution in [2.45, 2.75) is 28.8 Å². The molecule has 0 aliphatic heterocycles. The number of rotatable bonds is 10. The number of aliphatic carboxylic acids is 1. The molecule has 36 heavy (non-hydrogen) atoms. The number of nitrogens with two attached hydrogens (primary N) is 1. The Morgan fingerprint density at radius 2 is 1.78 bits per heavy atom. The highest BCUT2D eigenvalue weighted by Gasteiger charge is 2.45. The summed E-state index contributed by atoms with van der Waals surface area (Å²) in [5.41, 5.74) is 9.68. The molecular weight excluding hydrogens is 496 g/mol. The summed E-state index contributed by atoms with van der Waals surface area (Å²) in [6.45, 7) is 2.50. The molecule has 0 amide bonds. The van der Waals surface area contributed by atoms with E-state index in [1.807, 2.05) is 55.5 Å². The molecule has 4 rings (SSSR count). The van der Waals surface area contributed by atoms with Crippen LogP contribution in [0.1, 0.15) is 23.9 Å². The van der Waals surface area contributed by atoms with Crippen LogP contribution in [0.3, 0.4) is 0 Å². The van der Waals surface area contributed by atoms with E-state index in [9.17, 15) is 18.3 Å². The normalized spacial score (nSPS) is 13.2. The highest BCUT2D eigenvalue weighted by molar-refractivity contribution is 7.94. The van der Waals surface area contributed by atoms with Crippen molar-refractivity contribution in [1.29, 1.82) is 0 Å². The predicted molar refractivity (Wildman–Crippen MR) is 140 cm³/mol. The highest BCUT2D eigenvalue weighted by Crippen LogP contribution is 2.36. The summed E-state index contributed by atoms with van der Waals surface area (Å²) in [5, 5.41) is 10.9. The van der Waals surface area contributed by atoms with E-state index in [2.05, 4.69) is 4.98 Å². The number of aromatic nitrogens is 1. The van der Waals surface area contributed by atoms with E-state index in [0.717, 1.165) is 28.2 Å². The maximum Gasteiger partial charge on any atom is 0.309 e. The minimum Gasteiger partial charge on any atom is -0.494 e. The molecule has 0 fully saturated rings. The smallest absolute Gasteiger partial charge is 0.309 e. The lowest BCUT2D eigenvalue weighted by Crippen LogP contribution is -2.47. The number of nitrogens with zero attached hydrogens (tertiary/aromatic N) is 1. The molecular formula is C27H26N2O5S2. The molecule has 1 unspecified atom stereocenters. The van der Waals surface area contributed by atoms with Crippen LogP contribution in [-0.2, 0) is 32.3 Å². The van der Waals surface area contributed by atoms with Gasteiger partial charge in [-0.3, -0.25) is 9.78 Å². The maximum absolute atomic E-state index is 13.8. The van der Waals surface area contributed by atoms with Crippen molar-refractivity contribution in [2.24, 2.45) is 5.73 Å². The maximum atomic E-state index is 13.8. The number of hydrogen-bond donors (Lipinski definition) is 2. The minimum absolute atomic E-state index is 0.0456. The van der Waals surface area contributed by atoms with E-state index in [1.165, 1.54) is 12.1 Å². The zero-order valence-electron chi connectivity index (χ0n) is 19.6. The second-order valence-corrected chi connectivity index (χ2v) is 11.6. The molecule has 0 saturated carbocycles. The lowest BCUT2D eigenvalue weighted by molar-refractivity contribution is -0.136. The molecule has 0 aliphatic rings. The molecule has 4 aromatic rings. The monoisotopic (exact) mass is 522 g/mol. The van der Waals surface area contributed by atoms with Crippen molar-refractivity contribution in [3.8, 4) is 16.9 Å². The van der Waals surface area contributed by atoms with Gasteiger partial charge in [0.15, 0.2) is 4.87 Å². The standard InChI is InChI=1S/C27H26N2O5S2/c1-2-34-23-8-3-6-21(16-23)20-13-11-19(12-14-20)18-27(28,36(32,33)26-10-5-15-35-26)24-9-4-7-22(29-24)17-25(30)31/h3-16H,2,17-18,28H2,1H3,(H,30,31). The summed E-state index contributed by atoms with van der Waals surface area (Å²) in [5.74, 6) is -0.290. The molecule has 2 aromatic heterocycles. The minimum atomic E-state index is -4.06. The molecule has 0 radical (unpaired) electrons. The third-order valence-corrected chi connectivity index (χ3v) is 9.30. The summed E-state index contributed by atoms with van der Waals surface area (Å²) in [6, 6.07) is 23.1. The average molecular weight is 523 g/mol. The third-order valence-electron chi connectivity index (χ3n) is 5.71. The Kier molecular flexibility index (Phi) is 7.53. The van der Waals surface area contributed by atoms with Gasteiger partial charge in [0.05, 0.1) is 24.4 Å². The number of thiophene rings is 1. The number of pyridine rings is 1. The van der Waals surface area contributed by atoms with Crippen molar-refractivity contribution in [3.63, 3.8) is 0 Å². The quantitative estimate of drug-likeness (QED) is 0.311. The molecule has 0 spiro atoms. The Morgan fingerprint density at radius 1 is 1.03 bits per heavy atom. The molecule has 186 valence electrons. The predicted octanol–water partition coefficient (Wildman–Crippen LogP) is 4.66. The van der Waals surface area contributed by atoms with Crippen LogP contribution in [0.5, 0.6) is 5.75 Å². The lowest BCUT2D eigenvalue weighted by Gasteiger charge is -2.29. The van der Waals surface area contributed by atoms with Gasteiger partial charge in [-0.1, -0.05) is 48.5 Å². The third kappa shape index (κ3) is 5.33. The van der Waals surface area contributed by atoms with Gasteiger partial charge in [0.1, 0.15) is 9.96 Å². The van der Waals surface area contributed by atoms with Crippen molar-refractivity contribution in [1.82, 2.24) is 4.98 Å². The summed E-state index contributed by atoms with van der Waals surface area (Å²) in [7, 11) is -4.06. The Morgan fingerprint density at radius 3 is 2.44 bits per heavy atom. The van der Waals surface area contributed by atoms with Crippen LogP contribution in [0.25, 0.3) is 11.1 Å². The van der Waals surface area contributed by atoms with Crippen LogP contribution in [0, 0.1) is 0 Å². The Labute approximate surface area is 214 Å². The average Bonchev–Trinajstić information content (AvgIpc) is 3.41. The molecule has 2 aromatic carbocycles. The SMILES string of the molecule is CCOc1cccc(-c2ccc(CC(N)(c3cccc(CC(=O)O)n3)S(=O)(=O)c3cccs3)cc2)c1. The summed E-state index contributed by atoms with van der Waals surface area (Å²) in [4.78, 5) is 13.7. The first-order chi connectivity index (χ1) is 17.2. The van der Waals surface area contributed by atoms with Crippen LogP contribution >= 0.6 is 11.3 Å². The van der Waals surface area contributed by atoms with E-state index in [-0.39, 0.29) is 28.4 Å². The van der Waals surface area contributed by atoms with E-state index in [4.69, 9.17) is 10.5 Å². The number of ether oxygens (including phenoxy) is 1. The summed E-state index contributed by atoms with van der Waals surface area (Å²) in [6.07, 6.45) is -0.380. The molecule has 7 nitrogen and oxygen atoms in total. The second-order valence-electron chi connectivity index (χ2n) is 8.24. The van der Waals surface area contributed by atoms with Gasteiger partial charge < -0.3 is 15.6 Å². The van der Waals surface area contributed by atoms with Crippen molar-refractivity contribution in [3.05, 3.63) is 101 Å². The number of carbonyl (C=O) groups is 1. The summed E-state index contributed by atoms with van der Waals surface area (Å²) < 4.78 is 33.2. The van der Waals surface area contributed by atoms with Gasteiger partial charge in [-0.25, -0.2) is 8.42 Å². The number of hydrogen-bond acceptors (Lipinski definition) is 7. The van der Waals surface area contributed by atoms with Crippen LogP contribution in [0.2, 0.25) is 0 Å². The zero-order chi connectivity index (χ0) is 25.8. The number of carboxylic acids is 1. The molecule has 3 N–H and O–H groups in total. The van der Waals surface area contributed by atoms with Crippen molar-refractivity contribution < 1.29 is 23.1 Å². The second kappa shape index (κ2) is 10.6. The molecule has 0 bridgehead atoms. The van der Waals surface area contributed by atoms with Crippen molar-refractivity contribution in [2.75, 3.05) is 6.61 Å². The molecule has 0 saturated heterocycles. The first kappa shape index (κ1) is 25.6. The molecule has 1 atom stereocenters. The lowest BCUT2D eigenvalue weighted by atomic mass is 9.98. The van der Waals surface area contributed by atoms with Gasteiger partial charge in [-0.05, 0) is 59.3 Å². The van der Waals surface area contributed by atoms with Crippen LogP contribution in [-0.4, -0.2) is 31.1 Å². The fourth-order valence-corrected chi connectivity index (χ4v) is 6.87. The highest BCUT2D eigenvalue weighted by atomic mass is 32.2. The van der Waals surface area contributed by atoms with Crippen LogP contribution in [0.15, 0.2) is 88.5 Å². The van der Waals surface area contributed by atoms with Crippen molar-refractivity contribution >= 4 is 27.1 Å². The summed E-state index contributed by atoms with van der Waals surface area (Å²) >= 11 is 1.08. The largest absolute Gasteiger partial charge is 0.494 e.